The van der Waals surface area contributed by atoms with Crippen LogP contribution in [0.5, 0.6) is 0 Å². The Kier molecular flexibility index (Phi) is 4.31. The molecule has 2 saturated heterocycles. The van der Waals surface area contributed by atoms with E-state index < -0.39 is 0 Å². The van der Waals surface area contributed by atoms with Crippen LogP contribution in [-0.4, -0.2) is 61.4 Å². The molecule has 0 radical (unpaired) electrons. The van der Waals surface area contributed by atoms with Crippen LogP contribution < -0.4 is 10.2 Å². The summed E-state index contributed by atoms with van der Waals surface area (Å²) in [5.41, 5.74) is 2.91. The summed E-state index contributed by atoms with van der Waals surface area (Å²) in [6.07, 6.45) is 4.81. The molecular weight excluding hydrogens is 368 g/mol. The second-order valence-corrected chi connectivity index (χ2v) is 7.72. The molecule has 1 N–H and O–H groups in total. The van der Waals surface area contributed by atoms with Gasteiger partial charge in [0.25, 0.3) is 0 Å². The minimum Gasteiger partial charge on any atom is -0.340 e. The van der Waals surface area contributed by atoms with Crippen molar-refractivity contribution < 1.29 is 4.79 Å². The van der Waals surface area contributed by atoms with Gasteiger partial charge in [-0.2, -0.15) is 10.2 Å². The average Bonchev–Trinajstić information content (AvgIpc) is 3.43. The van der Waals surface area contributed by atoms with Crippen LogP contribution in [0, 0.1) is 25.7 Å². The minimum atomic E-state index is -0.292. The zero-order valence-corrected chi connectivity index (χ0v) is 16.4. The summed E-state index contributed by atoms with van der Waals surface area (Å²) >= 11 is 0. The number of pyridine rings is 1. The topological polar surface area (TPSA) is 102 Å². The Hall–Kier alpha value is -3.20. The number of carbonyl (C=O) groups excluding carboxylic acids is 1. The van der Waals surface area contributed by atoms with Gasteiger partial charge in [-0.1, -0.05) is 0 Å². The summed E-state index contributed by atoms with van der Waals surface area (Å²) < 4.78 is 0. The molecule has 0 amide bonds. The first kappa shape index (κ1) is 17.9. The molecule has 2 fully saturated rings. The Labute approximate surface area is 168 Å². The highest BCUT2D eigenvalue weighted by atomic mass is 16.1. The third-order valence-electron chi connectivity index (χ3n) is 5.71. The number of hydrogen-bond acceptors (Lipinski definition) is 8. The molecule has 148 valence electrons. The number of carbonyl (C=O) groups is 1. The highest BCUT2D eigenvalue weighted by Crippen LogP contribution is 2.34. The molecule has 0 saturated carbocycles. The lowest BCUT2D eigenvalue weighted by molar-refractivity contribution is 0.0925. The zero-order valence-electron chi connectivity index (χ0n) is 16.4. The van der Waals surface area contributed by atoms with Crippen LogP contribution in [0.25, 0.3) is 5.69 Å². The van der Waals surface area contributed by atoms with E-state index in [0.29, 0.717) is 17.3 Å². The summed E-state index contributed by atoms with van der Waals surface area (Å²) in [5, 5.41) is 11.7. The van der Waals surface area contributed by atoms with Gasteiger partial charge in [0.15, 0.2) is 0 Å². The predicted molar refractivity (Wildman–Crippen MR) is 106 cm³/mol. The normalized spacial score (nSPS) is 23.4. The molecule has 9 nitrogen and oxygen atoms in total. The van der Waals surface area contributed by atoms with Gasteiger partial charge in [-0.15, -0.1) is 4.80 Å². The van der Waals surface area contributed by atoms with Crippen molar-refractivity contribution in [2.24, 2.45) is 11.8 Å². The van der Waals surface area contributed by atoms with E-state index in [1.165, 1.54) is 4.80 Å². The van der Waals surface area contributed by atoms with Gasteiger partial charge in [0, 0.05) is 43.1 Å². The van der Waals surface area contributed by atoms with E-state index in [1.807, 2.05) is 26.0 Å². The molecule has 5 heterocycles. The van der Waals surface area contributed by atoms with Crippen molar-refractivity contribution in [3.05, 3.63) is 53.9 Å². The lowest BCUT2D eigenvalue weighted by atomic mass is 9.90. The first-order valence-corrected chi connectivity index (χ1v) is 9.76. The molecule has 0 aromatic carbocycles. The number of nitrogens with one attached hydrogen (secondary N) is 1. The summed E-state index contributed by atoms with van der Waals surface area (Å²) in [6.45, 7) is 6.35. The third kappa shape index (κ3) is 3.17. The second kappa shape index (κ2) is 7.00. The molecule has 29 heavy (non-hydrogen) atoms. The lowest BCUT2D eigenvalue weighted by Crippen LogP contribution is -2.40. The second-order valence-electron chi connectivity index (χ2n) is 7.72. The lowest BCUT2D eigenvalue weighted by Gasteiger charge is -2.21. The van der Waals surface area contributed by atoms with Crippen LogP contribution in [0.4, 0.5) is 5.95 Å². The first-order valence-electron chi connectivity index (χ1n) is 9.76. The molecular formula is C20H22N8O. The maximum atomic E-state index is 13.4. The number of Topliss-reactive ketones (excluding diaryl/α,β-unsaturated/α-hetero) is 1. The van der Waals surface area contributed by atoms with Crippen LogP contribution in [0.3, 0.4) is 0 Å². The number of aryl methyl sites for hydroxylation is 2. The molecule has 2 aliphatic rings. The van der Waals surface area contributed by atoms with Crippen LogP contribution in [0.2, 0.25) is 0 Å². The summed E-state index contributed by atoms with van der Waals surface area (Å²) in [6, 6.07) is 5.28. The van der Waals surface area contributed by atoms with Gasteiger partial charge < -0.3 is 10.2 Å². The van der Waals surface area contributed by atoms with Crippen molar-refractivity contribution in [2.75, 3.05) is 24.5 Å². The Morgan fingerprint density at radius 2 is 1.86 bits per heavy atom. The summed E-state index contributed by atoms with van der Waals surface area (Å²) in [4.78, 5) is 30.6. The molecule has 2 aliphatic heterocycles. The summed E-state index contributed by atoms with van der Waals surface area (Å²) in [5.74, 6) is 1.30. The van der Waals surface area contributed by atoms with Crippen molar-refractivity contribution in [1.82, 2.24) is 35.3 Å². The Balaban J connectivity index is 1.41. The van der Waals surface area contributed by atoms with Gasteiger partial charge in [0.2, 0.25) is 11.7 Å². The fourth-order valence-corrected chi connectivity index (χ4v) is 4.45. The van der Waals surface area contributed by atoms with Gasteiger partial charge in [0.1, 0.15) is 11.4 Å². The molecule has 0 bridgehead atoms. The fraction of sp³-hybridized carbons (Fsp3) is 0.400. The number of fused-ring (bicyclic) bond motifs is 1. The number of nitrogens with zero attached hydrogens (tertiary/aromatic N) is 7. The fourth-order valence-electron chi connectivity index (χ4n) is 4.45. The highest BCUT2D eigenvalue weighted by Gasteiger charge is 2.47. The molecule has 0 spiro atoms. The van der Waals surface area contributed by atoms with Crippen molar-refractivity contribution in [3.63, 3.8) is 0 Å². The van der Waals surface area contributed by atoms with Gasteiger partial charge in [-0.3, -0.25) is 9.78 Å². The molecule has 9 heteroatoms. The molecule has 3 atom stereocenters. The van der Waals surface area contributed by atoms with E-state index in [4.69, 9.17) is 0 Å². The molecule has 3 aromatic heterocycles. The number of aromatic nitrogens is 6. The van der Waals surface area contributed by atoms with Gasteiger partial charge in [-0.25, -0.2) is 9.97 Å². The predicted octanol–water partition coefficient (Wildman–Crippen LogP) is 0.976. The van der Waals surface area contributed by atoms with E-state index in [0.717, 1.165) is 37.0 Å². The maximum Gasteiger partial charge on any atom is 0.225 e. The SMILES string of the molecule is Cc1cc(C)nc(N2CC3CNC(C(=O)c4ncccc4-n4nccn4)C3C2)n1. The standard InChI is InChI=1S/C20H22N8O/c1-12-8-13(2)26-20(25-12)27-10-14-9-22-17(15(14)11-27)19(29)18-16(4-3-5-21-18)28-23-6-7-24-28/h3-8,14-15,17,22H,9-11H2,1-2H3. The number of anilines is 1. The average molecular weight is 390 g/mol. The van der Waals surface area contributed by atoms with Crippen LogP contribution >= 0.6 is 0 Å². The maximum absolute atomic E-state index is 13.4. The monoisotopic (exact) mass is 390 g/mol. The first-order chi connectivity index (χ1) is 14.1. The number of hydrogen-bond donors (Lipinski definition) is 1. The van der Waals surface area contributed by atoms with Crippen molar-refractivity contribution in [3.8, 4) is 5.69 Å². The molecule has 3 unspecified atom stereocenters. The van der Waals surface area contributed by atoms with Gasteiger partial charge in [0.05, 0.1) is 18.4 Å². The van der Waals surface area contributed by atoms with E-state index in [9.17, 15) is 4.79 Å². The highest BCUT2D eigenvalue weighted by molar-refractivity contribution is 6.01. The van der Waals surface area contributed by atoms with Crippen LogP contribution in [0.15, 0.2) is 36.8 Å². The van der Waals surface area contributed by atoms with Crippen molar-refractivity contribution in [1.29, 1.82) is 0 Å². The van der Waals surface area contributed by atoms with Crippen LogP contribution in [0.1, 0.15) is 21.9 Å². The smallest absolute Gasteiger partial charge is 0.225 e. The third-order valence-corrected chi connectivity index (χ3v) is 5.71. The van der Waals surface area contributed by atoms with Gasteiger partial charge >= 0.3 is 0 Å². The minimum absolute atomic E-state index is 0.0198. The van der Waals surface area contributed by atoms with Crippen molar-refractivity contribution >= 4 is 11.7 Å². The quantitative estimate of drug-likeness (QED) is 0.658. The largest absolute Gasteiger partial charge is 0.340 e. The van der Waals surface area contributed by atoms with E-state index >= 15 is 0 Å². The summed E-state index contributed by atoms with van der Waals surface area (Å²) in [7, 11) is 0. The Morgan fingerprint density at radius 3 is 2.62 bits per heavy atom. The van der Waals surface area contributed by atoms with E-state index in [-0.39, 0.29) is 17.7 Å². The molecule has 3 aromatic rings. The van der Waals surface area contributed by atoms with E-state index in [2.05, 4.69) is 35.4 Å². The zero-order chi connectivity index (χ0) is 20.0. The Bertz CT molecular complexity index is 1030. The number of ketones is 1. The van der Waals surface area contributed by atoms with Crippen LogP contribution in [-0.2, 0) is 0 Å². The van der Waals surface area contributed by atoms with Crippen molar-refractivity contribution in [2.45, 2.75) is 19.9 Å². The molecule has 5 rings (SSSR count). The molecule has 0 aliphatic carbocycles. The van der Waals surface area contributed by atoms with Gasteiger partial charge in [-0.05, 0) is 38.0 Å². The Morgan fingerprint density at radius 1 is 1.10 bits per heavy atom. The van der Waals surface area contributed by atoms with E-state index in [1.54, 1.807) is 24.7 Å². The number of rotatable bonds is 4.